The first-order chi connectivity index (χ1) is 13.2. The molecule has 0 aliphatic heterocycles. The summed E-state index contributed by atoms with van der Waals surface area (Å²) in [5.41, 5.74) is 1.10. The van der Waals surface area contributed by atoms with E-state index in [2.05, 4.69) is 0 Å². The van der Waals surface area contributed by atoms with Crippen molar-refractivity contribution in [2.45, 2.75) is 39.3 Å². The van der Waals surface area contributed by atoms with Gasteiger partial charge in [-0.05, 0) is 49.2 Å². The van der Waals surface area contributed by atoms with Crippen molar-refractivity contribution in [2.24, 2.45) is 0 Å². The van der Waals surface area contributed by atoms with Crippen LogP contribution in [-0.2, 0) is 22.6 Å². The van der Waals surface area contributed by atoms with Gasteiger partial charge in [0.1, 0.15) is 5.75 Å². The molecule has 2 rings (SSSR count). The molecule has 28 heavy (non-hydrogen) atoms. The summed E-state index contributed by atoms with van der Waals surface area (Å²) in [4.78, 5) is 25.0. The second-order valence-corrected chi connectivity index (χ2v) is 6.70. The molecular formula is C21H23F2NO4. The fourth-order valence-corrected chi connectivity index (χ4v) is 2.67. The number of rotatable bonds is 9. The number of benzene rings is 2. The van der Waals surface area contributed by atoms with Gasteiger partial charge in [-0.2, -0.15) is 0 Å². The van der Waals surface area contributed by atoms with Gasteiger partial charge in [0.05, 0.1) is 18.9 Å². The van der Waals surface area contributed by atoms with Gasteiger partial charge in [0.25, 0.3) is 0 Å². The van der Waals surface area contributed by atoms with E-state index in [1.165, 1.54) is 11.0 Å². The minimum atomic E-state index is -1.05. The van der Waals surface area contributed by atoms with Crippen molar-refractivity contribution in [2.75, 3.05) is 6.54 Å². The van der Waals surface area contributed by atoms with Gasteiger partial charge in [0.15, 0.2) is 11.6 Å². The van der Waals surface area contributed by atoms with Crippen LogP contribution in [0, 0.1) is 11.6 Å². The van der Waals surface area contributed by atoms with E-state index < -0.39 is 17.6 Å². The molecule has 2 aromatic rings. The molecule has 0 saturated heterocycles. The molecule has 0 aliphatic rings. The van der Waals surface area contributed by atoms with Gasteiger partial charge in [0.2, 0.25) is 5.91 Å². The molecule has 5 nitrogen and oxygen atoms in total. The number of carbonyl (C=O) groups is 2. The van der Waals surface area contributed by atoms with E-state index in [0.717, 1.165) is 12.1 Å². The molecule has 0 bridgehead atoms. The summed E-state index contributed by atoms with van der Waals surface area (Å²) in [5, 5.41) is 8.94. The summed E-state index contributed by atoms with van der Waals surface area (Å²) >= 11 is 0. The molecule has 150 valence electrons. The zero-order valence-electron chi connectivity index (χ0n) is 15.8. The van der Waals surface area contributed by atoms with Crippen molar-refractivity contribution in [3.63, 3.8) is 0 Å². The summed E-state index contributed by atoms with van der Waals surface area (Å²) in [7, 11) is 0. The number of nitrogens with zero attached hydrogens (tertiary/aromatic N) is 1. The van der Waals surface area contributed by atoms with E-state index >= 15 is 0 Å². The predicted octanol–water partition coefficient (Wildman–Crippen LogP) is 3.80. The Morgan fingerprint density at radius 1 is 1.07 bits per heavy atom. The van der Waals surface area contributed by atoms with Crippen LogP contribution in [0.1, 0.15) is 31.4 Å². The molecule has 0 aromatic heterocycles. The van der Waals surface area contributed by atoms with E-state index in [4.69, 9.17) is 9.84 Å². The Morgan fingerprint density at radius 3 is 2.46 bits per heavy atom. The van der Waals surface area contributed by atoms with E-state index in [1.807, 2.05) is 13.8 Å². The summed E-state index contributed by atoms with van der Waals surface area (Å²) in [6.07, 6.45) is -0.212. The number of hydrogen-bond donors (Lipinski definition) is 1. The van der Waals surface area contributed by atoms with Crippen molar-refractivity contribution in [1.29, 1.82) is 0 Å². The minimum absolute atomic E-state index is 0.00797. The number of hydrogen-bond acceptors (Lipinski definition) is 3. The molecular weight excluding hydrogens is 368 g/mol. The first-order valence-electron chi connectivity index (χ1n) is 8.93. The minimum Gasteiger partial charge on any atom is -0.491 e. The predicted molar refractivity (Wildman–Crippen MR) is 99.9 cm³/mol. The quantitative estimate of drug-likeness (QED) is 0.706. The molecule has 0 spiro atoms. The standard InChI is InChI=1S/C21H23F2NO4/c1-14(2)28-17-5-3-4-15(10-17)12-20(25)24(9-8-21(26)27)13-16-6-7-18(22)19(23)11-16/h3-7,10-11,14H,8-9,12-13H2,1-2H3,(H,26,27). The second-order valence-electron chi connectivity index (χ2n) is 6.70. The number of ether oxygens (including phenoxy) is 1. The van der Waals surface area contributed by atoms with Crippen LogP contribution in [0.25, 0.3) is 0 Å². The third kappa shape index (κ3) is 6.64. The van der Waals surface area contributed by atoms with Crippen LogP contribution in [0.15, 0.2) is 42.5 Å². The summed E-state index contributed by atoms with van der Waals surface area (Å²) in [6.45, 7) is 3.75. The third-order valence-corrected chi connectivity index (χ3v) is 3.93. The van der Waals surface area contributed by atoms with Crippen LogP contribution < -0.4 is 4.74 Å². The van der Waals surface area contributed by atoms with Crippen molar-refractivity contribution < 1.29 is 28.2 Å². The Hall–Kier alpha value is -2.96. The molecule has 0 aliphatic carbocycles. The zero-order valence-corrected chi connectivity index (χ0v) is 15.8. The van der Waals surface area contributed by atoms with Crippen molar-refractivity contribution >= 4 is 11.9 Å². The first-order valence-corrected chi connectivity index (χ1v) is 8.93. The van der Waals surface area contributed by atoms with Crippen molar-refractivity contribution in [1.82, 2.24) is 4.90 Å². The Kier molecular flexibility index (Phi) is 7.49. The highest BCUT2D eigenvalue weighted by atomic mass is 19.2. The van der Waals surface area contributed by atoms with Crippen molar-refractivity contribution in [3.8, 4) is 5.75 Å². The van der Waals surface area contributed by atoms with Gasteiger partial charge in [-0.25, -0.2) is 8.78 Å². The summed E-state index contributed by atoms with van der Waals surface area (Å²) < 4.78 is 32.2. The van der Waals surface area contributed by atoms with Crippen LogP contribution in [0.4, 0.5) is 8.78 Å². The molecule has 7 heteroatoms. The Morgan fingerprint density at radius 2 is 1.82 bits per heavy atom. The van der Waals surface area contributed by atoms with E-state index in [9.17, 15) is 18.4 Å². The van der Waals surface area contributed by atoms with E-state index in [-0.39, 0.29) is 37.9 Å². The Bertz CT molecular complexity index is 839. The molecule has 0 fully saturated rings. The van der Waals surface area contributed by atoms with Crippen LogP contribution >= 0.6 is 0 Å². The maximum Gasteiger partial charge on any atom is 0.305 e. The Balaban J connectivity index is 2.14. The summed E-state index contributed by atoms with van der Waals surface area (Å²) in [6, 6.07) is 10.5. The molecule has 0 atom stereocenters. The highest BCUT2D eigenvalue weighted by molar-refractivity contribution is 5.79. The van der Waals surface area contributed by atoms with Crippen LogP contribution in [-0.4, -0.2) is 34.5 Å². The monoisotopic (exact) mass is 391 g/mol. The van der Waals surface area contributed by atoms with Gasteiger partial charge in [-0.3, -0.25) is 9.59 Å². The molecule has 2 aromatic carbocycles. The van der Waals surface area contributed by atoms with Crippen LogP contribution in [0.3, 0.4) is 0 Å². The largest absolute Gasteiger partial charge is 0.491 e. The van der Waals surface area contributed by atoms with Crippen LogP contribution in [0.5, 0.6) is 5.75 Å². The van der Waals surface area contributed by atoms with Gasteiger partial charge in [0, 0.05) is 13.1 Å². The average Bonchev–Trinajstić information content (AvgIpc) is 2.61. The van der Waals surface area contributed by atoms with Gasteiger partial charge < -0.3 is 14.7 Å². The maximum absolute atomic E-state index is 13.5. The third-order valence-electron chi connectivity index (χ3n) is 3.93. The van der Waals surface area contributed by atoms with E-state index in [1.54, 1.807) is 24.3 Å². The van der Waals surface area contributed by atoms with Gasteiger partial charge in [-0.15, -0.1) is 0 Å². The molecule has 0 unspecified atom stereocenters. The summed E-state index contributed by atoms with van der Waals surface area (Å²) in [5.74, 6) is -2.71. The highest BCUT2D eigenvalue weighted by Crippen LogP contribution is 2.17. The van der Waals surface area contributed by atoms with Gasteiger partial charge >= 0.3 is 5.97 Å². The number of carbonyl (C=O) groups excluding carboxylic acids is 1. The maximum atomic E-state index is 13.5. The smallest absolute Gasteiger partial charge is 0.305 e. The SMILES string of the molecule is CC(C)Oc1cccc(CC(=O)N(CCC(=O)O)Cc2ccc(F)c(F)c2)c1. The number of carboxylic acids is 1. The van der Waals surface area contributed by atoms with Gasteiger partial charge in [-0.1, -0.05) is 18.2 Å². The fourth-order valence-electron chi connectivity index (χ4n) is 2.67. The highest BCUT2D eigenvalue weighted by Gasteiger charge is 2.17. The molecule has 0 radical (unpaired) electrons. The zero-order chi connectivity index (χ0) is 20.7. The Labute approximate surface area is 162 Å². The lowest BCUT2D eigenvalue weighted by Gasteiger charge is -2.22. The molecule has 1 N–H and O–H groups in total. The second kappa shape index (κ2) is 9.82. The lowest BCUT2D eigenvalue weighted by Crippen LogP contribution is -2.33. The van der Waals surface area contributed by atoms with E-state index in [0.29, 0.717) is 16.9 Å². The lowest BCUT2D eigenvalue weighted by molar-refractivity contribution is -0.138. The molecule has 1 amide bonds. The lowest BCUT2D eigenvalue weighted by atomic mass is 10.1. The number of amides is 1. The first kappa shape index (κ1) is 21.3. The van der Waals surface area contributed by atoms with Crippen molar-refractivity contribution in [3.05, 3.63) is 65.2 Å². The normalized spacial score (nSPS) is 10.8. The number of aliphatic carboxylic acids is 1. The topological polar surface area (TPSA) is 66.8 Å². The van der Waals surface area contributed by atoms with Crippen LogP contribution in [0.2, 0.25) is 0 Å². The average molecular weight is 391 g/mol. The molecule has 0 saturated carbocycles. The molecule has 0 heterocycles. The fraction of sp³-hybridized carbons (Fsp3) is 0.333. The number of carboxylic acid groups (broad SMARTS) is 1. The number of halogens is 2.